The number of fused-ring (bicyclic) bond motifs is 2. The molecule has 2 saturated heterocycles. The molecule has 2 aliphatic rings. The normalized spacial score (nSPS) is 26.1. The van der Waals surface area contributed by atoms with Crippen LogP contribution >= 0.6 is 12.4 Å². The molecule has 0 aromatic rings. The van der Waals surface area contributed by atoms with Crippen molar-refractivity contribution in [1.82, 2.24) is 10.2 Å². The minimum atomic E-state index is -0.536. The standard InChI is InChI=1S/C14H25N3O2.ClH/c1-9(2)13(15)14(19)16-8-12(18)17-10-4-3-5-11(17)7-6-10;/h9-11,13H,3-8,15H2,1-2H3,(H,16,19);1H/t10?,11?,13-;/m0./s1. The summed E-state index contributed by atoms with van der Waals surface area (Å²) in [5.74, 6) is -0.0921. The number of hydrogen-bond acceptors (Lipinski definition) is 3. The molecule has 0 aromatic carbocycles. The summed E-state index contributed by atoms with van der Waals surface area (Å²) in [6.07, 6.45) is 5.69. The van der Waals surface area contributed by atoms with Crippen molar-refractivity contribution in [2.75, 3.05) is 6.54 Å². The van der Waals surface area contributed by atoms with Crippen LogP contribution in [0.15, 0.2) is 0 Å². The van der Waals surface area contributed by atoms with Gasteiger partial charge in [0.2, 0.25) is 11.8 Å². The Bertz CT molecular complexity index is 346. The van der Waals surface area contributed by atoms with Crippen molar-refractivity contribution in [3.05, 3.63) is 0 Å². The van der Waals surface area contributed by atoms with Crippen LogP contribution in [0.25, 0.3) is 0 Å². The van der Waals surface area contributed by atoms with Crippen molar-refractivity contribution >= 4 is 24.2 Å². The fourth-order valence-corrected chi connectivity index (χ4v) is 3.20. The van der Waals surface area contributed by atoms with Gasteiger partial charge in [0.25, 0.3) is 0 Å². The molecular formula is C14H26ClN3O2. The van der Waals surface area contributed by atoms with Crippen LogP contribution in [0.5, 0.6) is 0 Å². The molecule has 0 aromatic heterocycles. The van der Waals surface area contributed by atoms with E-state index in [1.165, 1.54) is 6.42 Å². The minimum Gasteiger partial charge on any atom is -0.346 e. The second-order valence-electron chi connectivity index (χ2n) is 6.10. The van der Waals surface area contributed by atoms with Gasteiger partial charge in [-0.05, 0) is 38.0 Å². The number of amides is 2. The molecule has 3 N–H and O–H groups in total. The van der Waals surface area contributed by atoms with E-state index in [9.17, 15) is 9.59 Å². The van der Waals surface area contributed by atoms with Gasteiger partial charge >= 0.3 is 0 Å². The Morgan fingerprint density at radius 1 is 1.20 bits per heavy atom. The molecule has 2 heterocycles. The lowest BCUT2D eigenvalue weighted by Crippen LogP contribution is -2.51. The Hall–Kier alpha value is -0.810. The number of nitrogens with zero attached hydrogens (tertiary/aromatic N) is 1. The van der Waals surface area contributed by atoms with Gasteiger partial charge in [-0.25, -0.2) is 0 Å². The summed E-state index contributed by atoms with van der Waals surface area (Å²) in [5, 5.41) is 2.67. The van der Waals surface area contributed by atoms with Crippen molar-refractivity contribution in [2.24, 2.45) is 11.7 Å². The Balaban J connectivity index is 0.00000200. The van der Waals surface area contributed by atoms with Gasteiger partial charge in [0.15, 0.2) is 0 Å². The van der Waals surface area contributed by atoms with E-state index in [-0.39, 0.29) is 36.7 Å². The molecule has 3 atom stereocenters. The third-order valence-corrected chi connectivity index (χ3v) is 4.42. The number of hydrogen-bond donors (Lipinski definition) is 2. The summed E-state index contributed by atoms with van der Waals surface area (Å²) in [5.41, 5.74) is 5.75. The lowest BCUT2D eigenvalue weighted by Gasteiger charge is -2.35. The molecule has 0 saturated carbocycles. The van der Waals surface area contributed by atoms with E-state index in [4.69, 9.17) is 5.73 Å². The van der Waals surface area contributed by atoms with E-state index in [1.807, 2.05) is 18.7 Å². The summed E-state index contributed by atoms with van der Waals surface area (Å²) in [7, 11) is 0. The van der Waals surface area contributed by atoms with Crippen molar-refractivity contribution in [2.45, 2.75) is 64.1 Å². The molecule has 20 heavy (non-hydrogen) atoms. The summed E-state index contributed by atoms with van der Waals surface area (Å²) in [4.78, 5) is 26.0. The van der Waals surface area contributed by atoms with Gasteiger partial charge in [-0.2, -0.15) is 0 Å². The molecule has 2 rings (SSSR count). The highest BCUT2D eigenvalue weighted by Crippen LogP contribution is 2.35. The molecule has 2 fully saturated rings. The van der Waals surface area contributed by atoms with Crippen LogP contribution in [-0.2, 0) is 9.59 Å². The van der Waals surface area contributed by atoms with E-state index in [2.05, 4.69) is 5.32 Å². The van der Waals surface area contributed by atoms with Crippen LogP contribution in [0, 0.1) is 5.92 Å². The number of rotatable bonds is 4. The van der Waals surface area contributed by atoms with E-state index >= 15 is 0 Å². The zero-order valence-electron chi connectivity index (χ0n) is 12.3. The number of piperidine rings is 1. The second-order valence-corrected chi connectivity index (χ2v) is 6.10. The van der Waals surface area contributed by atoms with Crippen LogP contribution in [0.4, 0.5) is 0 Å². The SMILES string of the molecule is CC(C)[C@H](N)C(=O)NCC(=O)N1C2CCCC1CC2.Cl. The second kappa shape index (κ2) is 7.27. The van der Waals surface area contributed by atoms with Gasteiger partial charge in [-0.3, -0.25) is 9.59 Å². The van der Waals surface area contributed by atoms with E-state index in [1.54, 1.807) is 0 Å². The smallest absolute Gasteiger partial charge is 0.242 e. The van der Waals surface area contributed by atoms with Crippen LogP contribution in [-0.4, -0.2) is 41.4 Å². The number of nitrogens with one attached hydrogen (secondary N) is 1. The fourth-order valence-electron chi connectivity index (χ4n) is 3.20. The number of carbonyl (C=O) groups is 2. The van der Waals surface area contributed by atoms with E-state index in [0.29, 0.717) is 12.1 Å². The summed E-state index contributed by atoms with van der Waals surface area (Å²) in [6.45, 7) is 3.89. The molecule has 2 amide bonds. The Kier molecular flexibility index (Phi) is 6.27. The van der Waals surface area contributed by atoms with Crippen LogP contribution in [0.2, 0.25) is 0 Å². The molecule has 2 bridgehead atoms. The molecule has 5 nitrogen and oxygen atoms in total. The number of halogens is 1. The fraction of sp³-hybridized carbons (Fsp3) is 0.857. The number of carbonyl (C=O) groups excluding carboxylic acids is 2. The lowest BCUT2D eigenvalue weighted by atomic mass is 10.0. The lowest BCUT2D eigenvalue weighted by molar-refractivity contribution is -0.136. The third-order valence-electron chi connectivity index (χ3n) is 4.42. The highest BCUT2D eigenvalue weighted by Gasteiger charge is 2.39. The molecule has 0 aliphatic carbocycles. The van der Waals surface area contributed by atoms with Crippen molar-refractivity contribution < 1.29 is 9.59 Å². The molecule has 116 valence electrons. The molecule has 0 radical (unpaired) electrons. The maximum Gasteiger partial charge on any atom is 0.242 e. The first-order chi connectivity index (χ1) is 9.00. The van der Waals surface area contributed by atoms with Gasteiger partial charge in [0.1, 0.15) is 0 Å². The molecule has 2 unspecified atom stereocenters. The third kappa shape index (κ3) is 3.64. The van der Waals surface area contributed by atoms with Crippen LogP contribution in [0.1, 0.15) is 46.0 Å². The summed E-state index contributed by atoms with van der Waals surface area (Å²) in [6, 6.07) is 0.273. The minimum absolute atomic E-state index is 0. The Morgan fingerprint density at radius 3 is 2.25 bits per heavy atom. The molecule has 6 heteroatoms. The van der Waals surface area contributed by atoms with Crippen molar-refractivity contribution in [3.63, 3.8) is 0 Å². The molecular weight excluding hydrogens is 278 g/mol. The number of nitrogens with two attached hydrogens (primary N) is 1. The summed E-state index contributed by atoms with van der Waals surface area (Å²) >= 11 is 0. The first-order valence-electron chi connectivity index (χ1n) is 7.35. The highest BCUT2D eigenvalue weighted by molar-refractivity contribution is 5.87. The first kappa shape index (κ1) is 17.2. The van der Waals surface area contributed by atoms with Gasteiger partial charge < -0.3 is 16.0 Å². The highest BCUT2D eigenvalue weighted by atomic mass is 35.5. The topological polar surface area (TPSA) is 75.4 Å². The van der Waals surface area contributed by atoms with Crippen molar-refractivity contribution in [1.29, 1.82) is 0 Å². The van der Waals surface area contributed by atoms with E-state index in [0.717, 1.165) is 25.7 Å². The maximum atomic E-state index is 12.2. The molecule has 2 aliphatic heterocycles. The Labute approximate surface area is 127 Å². The molecule has 0 spiro atoms. The van der Waals surface area contributed by atoms with E-state index < -0.39 is 6.04 Å². The van der Waals surface area contributed by atoms with Gasteiger partial charge in [0, 0.05) is 12.1 Å². The van der Waals surface area contributed by atoms with Crippen LogP contribution in [0.3, 0.4) is 0 Å². The first-order valence-corrected chi connectivity index (χ1v) is 7.35. The van der Waals surface area contributed by atoms with Crippen molar-refractivity contribution in [3.8, 4) is 0 Å². The zero-order chi connectivity index (χ0) is 14.0. The monoisotopic (exact) mass is 303 g/mol. The predicted molar refractivity (Wildman–Crippen MR) is 80.6 cm³/mol. The zero-order valence-corrected chi connectivity index (χ0v) is 13.1. The van der Waals surface area contributed by atoms with Gasteiger partial charge in [-0.15, -0.1) is 12.4 Å². The summed E-state index contributed by atoms with van der Waals surface area (Å²) < 4.78 is 0. The maximum absolute atomic E-state index is 12.2. The average Bonchev–Trinajstić information content (AvgIpc) is 2.64. The average molecular weight is 304 g/mol. The largest absolute Gasteiger partial charge is 0.346 e. The van der Waals surface area contributed by atoms with Gasteiger partial charge in [0.05, 0.1) is 12.6 Å². The Morgan fingerprint density at radius 2 is 1.75 bits per heavy atom. The predicted octanol–water partition coefficient (Wildman–Crippen LogP) is 1.05. The quantitative estimate of drug-likeness (QED) is 0.815. The van der Waals surface area contributed by atoms with Crippen LogP contribution < -0.4 is 11.1 Å². The van der Waals surface area contributed by atoms with Gasteiger partial charge in [-0.1, -0.05) is 13.8 Å².